The molecule has 0 amide bonds. The van der Waals surface area contributed by atoms with E-state index in [4.69, 9.17) is 14.2 Å². The normalized spacial score (nSPS) is 37.8. The van der Waals surface area contributed by atoms with Gasteiger partial charge in [-0.2, -0.15) is 0 Å². The van der Waals surface area contributed by atoms with Crippen LogP contribution in [0.5, 0.6) is 0 Å². The Morgan fingerprint density at radius 3 is 2.43 bits per heavy atom. The Labute approximate surface area is 84.5 Å². The van der Waals surface area contributed by atoms with E-state index in [0.29, 0.717) is 6.42 Å². The number of rotatable bonds is 4. The second-order valence-electron chi connectivity index (χ2n) is 3.76. The van der Waals surface area contributed by atoms with E-state index in [1.807, 2.05) is 20.8 Å². The highest BCUT2D eigenvalue weighted by Crippen LogP contribution is 2.53. The summed E-state index contributed by atoms with van der Waals surface area (Å²) in [5.74, 6) is -0.314. The molecule has 4 heteroatoms. The lowest BCUT2D eigenvalue weighted by molar-refractivity contribution is -0.147. The van der Waals surface area contributed by atoms with E-state index in [1.165, 1.54) is 7.11 Å². The van der Waals surface area contributed by atoms with Crippen LogP contribution in [0.15, 0.2) is 0 Å². The van der Waals surface area contributed by atoms with Crippen molar-refractivity contribution in [1.29, 1.82) is 0 Å². The van der Waals surface area contributed by atoms with Gasteiger partial charge in [0.05, 0.1) is 13.2 Å². The molecule has 3 unspecified atom stereocenters. The zero-order valence-electron chi connectivity index (χ0n) is 9.42. The van der Waals surface area contributed by atoms with Crippen LogP contribution in [0, 0.1) is 0 Å². The molecule has 0 aromatic carbocycles. The van der Waals surface area contributed by atoms with E-state index in [0.717, 1.165) is 0 Å². The highest BCUT2D eigenvalue weighted by Gasteiger charge is 2.74. The van der Waals surface area contributed by atoms with Crippen molar-refractivity contribution >= 4 is 5.97 Å². The summed E-state index contributed by atoms with van der Waals surface area (Å²) in [6.07, 6.45) is 0.477. The van der Waals surface area contributed by atoms with Crippen molar-refractivity contribution in [2.75, 3.05) is 14.2 Å². The van der Waals surface area contributed by atoms with Crippen LogP contribution in [-0.2, 0) is 19.0 Å². The molecular formula is C10H18O4. The minimum absolute atomic E-state index is 0.124. The van der Waals surface area contributed by atoms with Gasteiger partial charge in [0, 0.05) is 7.11 Å². The Bertz CT molecular complexity index is 240. The summed E-state index contributed by atoms with van der Waals surface area (Å²) in [7, 11) is 2.98. The van der Waals surface area contributed by atoms with Gasteiger partial charge < -0.3 is 14.2 Å². The van der Waals surface area contributed by atoms with E-state index in [9.17, 15) is 4.79 Å². The predicted molar refractivity (Wildman–Crippen MR) is 51.0 cm³/mol. The van der Waals surface area contributed by atoms with Crippen molar-refractivity contribution in [2.45, 2.75) is 44.5 Å². The lowest BCUT2D eigenvalue weighted by atomic mass is 9.88. The van der Waals surface area contributed by atoms with Crippen LogP contribution in [0.4, 0.5) is 0 Å². The third-order valence-electron chi connectivity index (χ3n) is 3.29. The van der Waals surface area contributed by atoms with E-state index in [-0.39, 0.29) is 12.1 Å². The third-order valence-corrected chi connectivity index (χ3v) is 3.29. The van der Waals surface area contributed by atoms with Crippen molar-refractivity contribution in [2.24, 2.45) is 0 Å². The molecule has 1 fully saturated rings. The van der Waals surface area contributed by atoms with Crippen LogP contribution >= 0.6 is 0 Å². The Balaban J connectivity index is 2.84. The van der Waals surface area contributed by atoms with E-state index in [2.05, 4.69) is 0 Å². The number of carbonyl (C=O) groups excluding carboxylic acids is 1. The van der Waals surface area contributed by atoms with Crippen molar-refractivity contribution < 1.29 is 19.0 Å². The second kappa shape index (κ2) is 3.51. The molecule has 1 aliphatic rings. The van der Waals surface area contributed by atoms with E-state index < -0.39 is 11.2 Å². The molecule has 0 spiro atoms. The van der Waals surface area contributed by atoms with Gasteiger partial charge in [-0.05, 0) is 20.3 Å². The van der Waals surface area contributed by atoms with Gasteiger partial charge in [0.25, 0.3) is 0 Å². The molecule has 0 bridgehead atoms. The molecule has 0 aromatic rings. The molecule has 1 heterocycles. The number of carbonyl (C=O) groups is 1. The van der Waals surface area contributed by atoms with Gasteiger partial charge in [-0.25, -0.2) is 4.79 Å². The number of hydrogen-bond donors (Lipinski definition) is 0. The van der Waals surface area contributed by atoms with Crippen LogP contribution < -0.4 is 0 Å². The van der Waals surface area contributed by atoms with Crippen LogP contribution in [0.1, 0.15) is 27.2 Å². The maximum atomic E-state index is 11.6. The zero-order valence-corrected chi connectivity index (χ0v) is 9.42. The maximum absolute atomic E-state index is 11.6. The third kappa shape index (κ3) is 1.25. The summed E-state index contributed by atoms with van der Waals surface area (Å²) in [6, 6.07) is 0. The maximum Gasteiger partial charge on any atom is 0.341 e. The molecule has 0 radical (unpaired) electrons. The molecular weight excluding hydrogens is 184 g/mol. The molecule has 3 atom stereocenters. The summed E-state index contributed by atoms with van der Waals surface area (Å²) in [6.45, 7) is 5.67. The Morgan fingerprint density at radius 2 is 2.07 bits per heavy atom. The topological polar surface area (TPSA) is 48.1 Å². The molecule has 82 valence electrons. The van der Waals surface area contributed by atoms with Gasteiger partial charge in [0.15, 0.2) is 5.60 Å². The lowest BCUT2D eigenvalue weighted by Crippen LogP contribution is -2.40. The monoisotopic (exact) mass is 202 g/mol. The number of methoxy groups -OCH3 is 2. The first-order valence-corrected chi connectivity index (χ1v) is 4.80. The molecule has 0 N–H and O–H groups in total. The Kier molecular flexibility index (Phi) is 2.88. The molecule has 0 aromatic heterocycles. The molecule has 0 saturated carbocycles. The van der Waals surface area contributed by atoms with Crippen LogP contribution in [0.25, 0.3) is 0 Å². The van der Waals surface area contributed by atoms with Crippen molar-refractivity contribution in [3.63, 3.8) is 0 Å². The van der Waals surface area contributed by atoms with Crippen molar-refractivity contribution in [3.8, 4) is 0 Å². The number of esters is 1. The summed E-state index contributed by atoms with van der Waals surface area (Å²) in [5.41, 5.74) is -1.36. The first-order chi connectivity index (χ1) is 6.48. The lowest BCUT2D eigenvalue weighted by Gasteiger charge is -2.18. The second-order valence-corrected chi connectivity index (χ2v) is 3.76. The standard InChI is InChI=1S/C10H18O4/c1-6-10(8(11)13-5)9(3,14-10)7(2)12-4/h7H,6H2,1-5H3. The van der Waals surface area contributed by atoms with Gasteiger partial charge in [-0.3, -0.25) is 0 Å². The largest absolute Gasteiger partial charge is 0.467 e. The van der Waals surface area contributed by atoms with Gasteiger partial charge in [-0.1, -0.05) is 6.92 Å². The van der Waals surface area contributed by atoms with Gasteiger partial charge in [0.1, 0.15) is 5.60 Å². The average Bonchev–Trinajstić information content (AvgIpc) is 2.84. The van der Waals surface area contributed by atoms with Crippen LogP contribution in [0.2, 0.25) is 0 Å². The fourth-order valence-corrected chi connectivity index (χ4v) is 1.95. The van der Waals surface area contributed by atoms with Gasteiger partial charge in [-0.15, -0.1) is 0 Å². The zero-order chi connectivity index (χ0) is 11.0. The summed E-state index contributed by atoms with van der Waals surface area (Å²) in [5, 5.41) is 0. The smallest absolute Gasteiger partial charge is 0.341 e. The molecule has 4 nitrogen and oxygen atoms in total. The fraction of sp³-hybridized carbons (Fsp3) is 0.900. The minimum atomic E-state index is -0.808. The first kappa shape index (κ1) is 11.5. The predicted octanol–water partition coefficient (Wildman–Crippen LogP) is 1.13. The molecule has 1 saturated heterocycles. The molecule has 1 aliphatic heterocycles. The highest BCUT2D eigenvalue weighted by molar-refractivity contribution is 5.84. The van der Waals surface area contributed by atoms with Crippen molar-refractivity contribution in [3.05, 3.63) is 0 Å². The summed E-state index contributed by atoms with van der Waals surface area (Å²) in [4.78, 5) is 11.6. The van der Waals surface area contributed by atoms with Gasteiger partial charge >= 0.3 is 5.97 Å². The van der Waals surface area contributed by atoms with Crippen LogP contribution in [-0.4, -0.2) is 37.5 Å². The minimum Gasteiger partial charge on any atom is -0.467 e. The number of epoxide rings is 1. The fourth-order valence-electron chi connectivity index (χ4n) is 1.95. The summed E-state index contributed by atoms with van der Waals surface area (Å²) >= 11 is 0. The number of hydrogen-bond acceptors (Lipinski definition) is 4. The molecule has 14 heavy (non-hydrogen) atoms. The van der Waals surface area contributed by atoms with E-state index in [1.54, 1.807) is 7.11 Å². The highest BCUT2D eigenvalue weighted by atomic mass is 16.7. The quantitative estimate of drug-likeness (QED) is 0.506. The Morgan fingerprint density at radius 1 is 1.50 bits per heavy atom. The first-order valence-electron chi connectivity index (χ1n) is 4.80. The average molecular weight is 202 g/mol. The Hall–Kier alpha value is -0.610. The number of ether oxygens (including phenoxy) is 3. The van der Waals surface area contributed by atoms with Gasteiger partial charge in [0.2, 0.25) is 0 Å². The van der Waals surface area contributed by atoms with Crippen LogP contribution in [0.3, 0.4) is 0 Å². The molecule has 1 rings (SSSR count). The van der Waals surface area contributed by atoms with Crippen molar-refractivity contribution in [1.82, 2.24) is 0 Å². The SMILES string of the molecule is CCC1(C(=O)OC)OC1(C)C(C)OC. The summed E-state index contributed by atoms with van der Waals surface area (Å²) < 4.78 is 15.5. The van der Waals surface area contributed by atoms with E-state index >= 15 is 0 Å². The molecule has 0 aliphatic carbocycles.